The highest BCUT2D eigenvalue weighted by molar-refractivity contribution is 6.12. The summed E-state index contributed by atoms with van der Waals surface area (Å²) in [4.78, 5) is 29.1. The summed E-state index contributed by atoms with van der Waals surface area (Å²) in [5, 5.41) is 6.41. The molecule has 0 fully saturated rings. The van der Waals surface area contributed by atoms with Gasteiger partial charge >= 0.3 is 0 Å². The number of rotatable bonds is 5. The van der Waals surface area contributed by atoms with Crippen molar-refractivity contribution in [3.8, 4) is 5.75 Å². The molecule has 28 heavy (non-hydrogen) atoms. The van der Waals surface area contributed by atoms with Crippen molar-refractivity contribution in [2.45, 2.75) is 26.7 Å². The lowest BCUT2D eigenvalue weighted by Crippen LogP contribution is -2.14. The molecule has 0 unspecified atom stereocenters. The lowest BCUT2D eigenvalue weighted by atomic mass is 10.0. The maximum Gasteiger partial charge on any atom is 0.256 e. The van der Waals surface area contributed by atoms with E-state index in [2.05, 4.69) is 15.6 Å². The number of hydrogen-bond acceptors (Lipinski definition) is 4. The Morgan fingerprint density at radius 1 is 1.04 bits per heavy atom. The minimum atomic E-state index is -0.237. The van der Waals surface area contributed by atoms with Gasteiger partial charge in [0.1, 0.15) is 5.75 Å². The highest BCUT2D eigenvalue weighted by Crippen LogP contribution is 2.29. The molecular weight excluding hydrogens is 354 g/mol. The van der Waals surface area contributed by atoms with Crippen LogP contribution in [0.4, 0.5) is 11.4 Å². The van der Waals surface area contributed by atoms with E-state index in [1.807, 2.05) is 44.2 Å². The van der Waals surface area contributed by atoms with E-state index in [0.717, 1.165) is 16.6 Å². The first-order valence-electron chi connectivity index (χ1n) is 9.05. The number of amides is 2. The van der Waals surface area contributed by atoms with E-state index in [4.69, 9.17) is 4.74 Å². The zero-order chi connectivity index (χ0) is 20.3. The molecule has 0 aliphatic heterocycles. The number of pyridine rings is 1. The molecule has 6 nitrogen and oxygen atoms in total. The summed E-state index contributed by atoms with van der Waals surface area (Å²) in [7, 11) is 1.52. The van der Waals surface area contributed by atoms with Crippen LogP contribution in [0.1, 0.15) is 42.7 Å². The summed E-state index contributed by atoms with van der Waals surface area (Å²) in [5.74, 6) is 0.260. The first-order valence-corrected chi connectivity index (χ1v) is 9.05. The molecule has 0 radical (unpaired) electrons. The molecular formula is C22H23N3O3. The molecule has 0 aliphatic rings. The summed E-state index contributed by atoms with van der Waals surface area (Å²) < 4.78 is 5.25. The van der Waals surface area contributed by atoms with E-state index in [-0.39, 0.29) is 17.7 Å². The third-order valence-electron chi connectivity index (χ3n) is 4.34. The first kappa shape index (κ1) is 19.4. The molecule has 6 heteroatoms. The Kier molecular flexibility index (Phi) is 5.59. The van der Waals surface area contributed by atoms with E-state index in [9.17, 15) is 9.59 Å². The van der Waals surface area contributed by atoms with Crippen molar-refractivity contribution < 1.29 is 14.3 Å². The Bertz CT molecular complexity index is 1040. The van der Waals surface area contributed by atoms with Crippen LogP contribution in [0.3, 0.4) is 0 Å². The van der Waals surface area contributed by atoms with Crippen molar-refractivity contribution in [2.75, 3.05) is 17.7 Å². The molecule has 2 N–H and O–H groups in total. The lowest BCUT2D eigenvalue weighted by Gasteiger charge is -2.14. The number of nitrogens with one attached hydrogen (secondary N) is 2. The van der Waals surface area contributed by atoms with Crippen LogP contribution in [0.15, 0.2) is 48.5 Å². The van der Waals surface area contributed by atoms with Crippen LogP contribution in [0, 0.1) is 0 Å². The fraction of sp³-hybridized carbons (Fsp3) is 0.227. The topological polar surface area (TPSA) is 80.3 Å². The maximum atomic E-state index is 13.0. The van der Waals surface area contributed by atoms with Crippen LogP contribution in [0.25, 0.3) is 10.9 Å². The van der Waals surface area contributed by atoms with Crippen LogP contribution in [-0.4, -0.2) is 23.9 Å². The predicted octanol–water partition coefficient (Wildman–Crippen LogP) is 4.58. The molecule has 144 valence electrons. The van der Waals surface area contributed by atoms with Gasteiger partial charge in [0.15, 0.2) is 0 Å². The number of hydrogen-bond donors (Lipinski definition) is 2. The van der Waals surface area contributed by atoms with Crippen molar-refractivity contribution in [3.63, 3.8) is 0 Å². The zero-order valence-corrected chi connectivity index (χ0v) is 16.4. The van der Waals surface area contributed by atoms with Gasteiger partial charge in [-0.05, 0) is 36.2 Å². The number of fused-ring (bicyclic) bond motifs is 1. The molecule has 1 aromatic heterocycles. The smallest absolute Gasteiger partial charge is 0.256 e. The Hall–Kier alpha value is -3.41. The van der Waals surface area contributed by atoms with Crippen molar-refractivity contribution in [2.24, 2.45) is 0 Å². The summed E-state index contributed by atoms with van der Waals surface area (Å²) in [6.07, 6.45) is 0. The fourth-order valence-electron chi connectivity index (χ4n) is 2.95. The monoisotopic (exact) mass is 377 g/mol. The van der Waals surface area contributed by atoms with E-state index in [1.54, 1.807) is 18.2 Å². The minimum absolute atomic E-state index is 0.198. The quantitative estimate of drug-likeness (QED) is 0.682. The molecule has 3 rings (SSSR count). The Morgan fingerprint density at radius 2 is 1.79 bits per heavy atom. The third kappa shape index (κ3) is 4.11. The Balaban J connectivity index is 1.98. The Morgan fingerprint density at radius 3 is 2.46 bits per heavy atom. The van der Waals surface area contributed by atoms with Crippen molar-refractivity contribution >= 4 is 34.1 Å². The standard InChI is InChI=1S/C22H23N3O3/c1-13(2)19-12-17(16-7-5-6-8-18(16)25-19)22(27)24-15-9-10-21(28-4)20(11-15)23-14(3)26/h5-13H,1-4H3,(H,23,26)(H,24,27). The lowest BCUT2D eigenvalue weighted by molar-refractivity contribution is -0.114. The summed E-state index contributed by atoms with van der Waals surface area (Å²) in [5.41, 5.74) is 3.26. The van der Waals surface area contributed by atoms with Gasteiger partial charge in [0.05, 0.1) is 23.9 Å². The number of benzene rings is 2. The van der Waals surface area contributed by atoms with Gasteiger partial charge in [0, 0.05) is 23.7 Å². The van der Waals surface area contributed by atoms with Crippen LogP contribution >= 0.6 is 0 Å². The number of nitrogens with zero attached hydrogens (tertiary/aromatic N) is 1. The summed E-state index contributed by atoms with van der Waals surface area (Å²) >= 11 is 0. The molecule has 2 amide bonds. The highest BCUT2D eigenvalue weighted by atomic mass is 16.5. The summed E-state index contributed by atoms with van der Waals surface area (Å²) in [6.45, 7) is 5.51. The third-order valence-corrected chi connectivity index (χ3v) is 4.34. The number of para-hydroxylation sites is 1. The van der Waals surface area contributed by atoms with Gasteiger partial charge in [0.25, 0.3) is 5.91 Å². The van der Waals surface area contributed by atoms with Gasteiger partial charge in [-0.2, -0.15) is 0 Å². The Labute approximate surface area is 163 Å². The van der Waals surface area contributed by atoms with Crippen molar-refractivity contribution in [3.05, 3.63) is 59.8 Å². The molecule has 0 spiro atoms. The minimum Gasteiger partial charge on any atom is -0.495 e. The average molecular weight is 377 g/mol. The zero-order valence-electron chi connectivity index (χ0n) is 16.4. The van der Waals surface area contributed by atoms with Crippen LogP contribution in [-0.2, 0) is 4.79 Å². The van der Waals surface area contributed by atoms with Gasteiger partial charge in [-0.3, -0.25) is 14.6 Å². The number of methoxy groups -OCH3 is 1. The van der Waals surface area contributed by atoms with Gasteiger partial charge in [-0.15, -0.1) is 0 Å². The number of ether oxygens (including phenoxy) is 1. The SMILES string of the molecule is COc1ccc(NC(=O)c2cc(C(C)C)nc3ccccc23)cc1NC(C)=O. The van der Waals surface area contributed by atoms with E-state index in [1.165, 1.54) is 14.0 Å². The maximum absolute atomic E-state index is 13.0. The molecule has 3 aromatic rings. The van der Waals surface area contributed by atoms with E-state index < -0.39 is 0 Å². The molecule has 2 aromatic carbocycles. The second kappa shape index (κ2) is 8.08. The average Bonchev–Trinajstić information content (AvgIpc) is 2.66. The molecule has 0 bridgehead atoms. The molecule has 0 saturated heterocycles. The van der Waals surface area contributed by atoms with Crippen molar-refractivity contribution in [1.82, 2.24) is 4.98 Å². The first-order chi connectivity index (χ1) is 13.4. The van der Waals surface area contributed by atoms with Crippen LogP contribution in [0.5, 0.6) is 5.75 Å². The second-order valence-electron chi connectivity index (χ2n) is 6.82. The molecule has 0 atom stereocenters. The summed E-state index contributed by atoms with van der Waals surface area (Å²) in [6, 6.07) is 14.5. The van der Waals surface area contributed by atoms with Crippen molar-refractivity contribution in [1.29, 1.82) is 0 Å². The molecule has 1 heterocycles. The van der Waals surface area contributed by atoms with Gasteiger partial charge in [-0.1, -0.05) is 32.0 Å². The second-order valence-corrected chi connectivity index (χ2v) is 6.82. The van der Waals surface area contributed by atoms with Crippen LogP contribution in [0.2, 0.25) is 0 Å². The largest absolute Gasteiger partial charge is 0.495 e. The van der Waals surface area contributed by atoms with Crippen LogP contribution < -0.4 is 15.4 Å². The number of carbonyl (C=O) groups excluding carboxylic acids is 2. The normalized spacial score (nSPS) is 10.8. The fourth-order valence-corrected chi connectivity index (χ4v) is 2.95. The number of aromatic nitrogens is 1. The number of anilines is 2. The molecule has 0 saturated carbocycles. The van der Waals surface area contributed by atoms with Gasteiger partial charge < -0.3 is 15.4 Å². The van der Waals surface area contributed by atoms with Gasteiger partial charge in [-0.25, -0.2) is 0 Å². The van der Waals surface area contributed by atoms with Gasteiger partial charge in [0.2, 0.25) is 5.91 Å². The van der Waals surface area contributed by atoms with E-state index >= 15 is 0 Å². The molecule has 0 aliphatic carbocycles. The van der Waals surface area contributed by atoms with E-state index in [0.29, 0.717) is 22.7 Å². The number of carbonyl (C=O) groups is 2. The highest BCUT2D eigenvalue weighted by Gasteiger charge is 2.15. The predicted molar refractivity (Wildman–Crippen MR) is 111 cm³/mol.